The first-order chi connectivity index (χ1) is 8.22. The molecule has 4 heteroatoms. The Balaban J connectivity index is 2.36. The lowest BCUT2D eigenvalue weighted by Gasteiger charge is -2.15. The summed E-state index contributed by atoms with van der Waals surface area (Å²) in [4.78, 5) is 11.8. The maximum absolute atomic E-state index is 11.8. The van der Waals surface area contributed by atoms with E-state index >= 15 is 0 Å². The van der Waals surface area contributed by atoms with Crippen LogP contribution in [0.4, 0.5) is 0 Å². The van der Waals surface area contributed by atoms with Crippen LogP contribution in [0.1, 0.15) is 30.4 Å². The van der Waals surface area contributed by atoms with Gasteiger partial charge in [-0.25, -0.2) is 0 Å². The van der Waals surface area contributed by atoms with Gasteiger partial charge in [-0.1, -0.05) is 24.3 Å². The summed E-state index contributed by atoms with van der Waals surface area (Å²) in [5.74, 6) is 5.26. The summed E-state index contributed by atoms with van der Waals surface area (Å²) in [6.07, 6.45) is 3.34. The van der Waals surface area contributed by atoms with Crippen molar-refractivity contribution in [3.05, 3.63) is 41.2 Å². The summed E-state index contributed by atoms with van der Waals surface area (Å²) < 4.78 is 0. The minimum Gasteiger partial charge on any atom is -0.512 e. The van der Waals surface area contributed by atoms with Gasteiger partial charge in [0, 0.05) is 12.8 Å². The van der Waals surface area contributed by atoms with Crippen LogP contribution in [0.2, 0.25) is 0 Å². The number of aliphatic hydroxyl groups excluding tert-OH is 1. The second-order valence-electron chi connectivity index (χ2n) is 4.00. The van der Waals surface area contributed by atoms with Crippen LogP contribution in [0.3, 0.4) is 0 Å². The van der Waals surface area contributed by atoms with Crippen molar-refractivity contribution in [3.8, 4) is 0 Å². The lowest BCUT2D eigenvalue weighted by Crippen LogP contribution is -2.10. The van der Waals surface area contributed by atoms with Gasteiger partial charge in [-0.05, 0) is 17.5 Å². The van der Waals surface area contributed by atoms with Crippen molar-refractivity contribution in [2.45, 2.75) is 19.3 Å². The molecule has 0 unspecified atom stereocenters. The fourth-order valence-corrected chi connectivity index (χ4v) is 1.98. The minimum absolute atomic E-state index is 0.00833. The van der Waals surface area contributed by atoms with Gasteiger partial charge in [0.1, 0.15) is 5.76 Å². The summed E-state index contributed by atoms with van der Waals surface area (Å²) in [5.41, 5.74) is 2.06. The van der Waals surface area contributed by atoms with E-state index in [0.717, 1.165) is 17.5 Å². The molecule has 0 aromatic heterocycles. The topological polar surface area (TPSA) is 75.7 Å². The zero-order valence-electron chi connectivity index (χ0n) is 9.39. The average Bonchev–Trinajstić information content (AvgIpc) is 2.31. The Morgan fingerprint density at radius 3 is 2.53 bits per heavy atom. The normalized spacial score (nSPS) is 16.8. The van der Waals surface area contributed by atoms with E-state index in [1.54, 1.807) is 12.1 Å². The van der Waals surface area contributed by atoms with E-state index in [-0.39, 0.29) is 11.5 Å². The number of rotatable bonds is 2. The van der Waals surface area contributed by atoms with E-state index in [1.807, 2.05) is 12.1 Å². The van der Waals surface area contributed by atoms with Gasteiger partial charge in [0.15, 0.2) is 5.78 Å². The molecular formula is C13H14N2O2. The number of nitrogens with two attached hydrogens (primary N) is 1. The first-order valence-corrected chi connectivity index (χ1v) is 5.51. The molecule has 0 heterocycles. The van der Waals surface area contributed by atoms with Crippen molar-refractivity contribution in [3.63, 3.8) is 0 Å². The fourth-order valence-electron chi connectivity index (χ4n) is 1.98. The zero-order valence-corrected chi connectivity index (χ0v) is 9.39. The Morgan fingerprint density at radius 1 is 1.24 bits per heavy atom. The molecule has 0 spiro atoms. The number of hydrogen-bond donors (Lipinski definition) is 2. The van der Waals surface area contributed by atoms with Crippen molar-refractivity contribution in [2.24, 2.45) is 10.9 Å². The van der Waals surface area contributed by atoms with E-state index in [9.17, 15) is 9.90 Å². The lowest BCUT2D eigenvalue weighted by molar-refractivity contribution is -0.114. The molecule has 1 aromatic carbocycles. The molecule has 0 atom stereocenters. The lowest BCUT2D eigenvalue weighted by atomic mass is 9.90. The van der Waals surface area contributed by atoms with Crippen LogP contribution in [-0.4, -0.2) is 17.1 Å². The van der Waals surface area contributed by atoms with E-state index in [2.05, 4.69) is 5.10 Å². The van der Waals surface area contributed by atoms with Gasteiger partial charge in [0.2, 0.25) is 0 Å². The summed E-state index contributed by atoms with van der Waals surface area (Å²) in [5, 5.41) is 13.2. The molecule has 1 aromatic rings. The van der Waals surface area contributed by atoms with Gasteiger partial charge in [0.25, 0.3) is 0 Å². The highest BCUT2D eigenvalue weighted by Crippen LogP contribution is 2.28. The van der Waals surface area contributed by atoms with Crippen LogP contribution in [0.25, 0.3) is 5.57 Å². The number of hydrazone groups is 1. The SMILES string of the molecule is N/N=C/c1ccc(C2=C(O)CCCC2=O)cc1. The van der Waals surface area contributed by atoms with Crippen LogP contribution < -0.4 is 5.84 Å². The van der Waals surface area contributed by atoms with E-state index < -0.39 is 0 Å². The predicted molar refractivity (Wildman–Crippen MR) is 66.6 cm³/mol. The number of hydrogen-bond acceptors (Lipinski definition) is 4. The molecule has 0 saturated heterocycles. The van der Waals surface area contributed by atoms with Gasteiger partial charge >= 0.3 is 0 Å². The molecule has 0 bridgehead atoms. The molecule has 1 aliphatic rings. The molecule has 2 rings (SSSR count). The highest BCUT2D eigenvalue weighted by molar-refractivity contribution is 6.21. The summed E-state index contributed by atoms with van der Waals surface area (Å²) in [7, 11) is 0. The zero-order chi connectivity index (χ0) is 12.3. The summed E-state index contributed by atoms with van der Waals surface area (Å²) >= 11 is 0. The second-order valence-corrected chi connectivity index (χ2v) is 4.00. The van der Waals surface area contributed by atoms with Gasteiger partial charge in [-0.3, -0.25) is 4.79 Å². The van der Waals surface area contributed by atoms with Gasteiger partial charge in [-0.2, -0.15) is 5.10 Å². The highest BCUT2D eigenvalue weighted by Gasteiger charge is 2.21. The van der Waals surface area contributed by atoms with E-state index in [1.165, 1.54) is 6.21 Å². The molecule has 4 nitrogen and oxygen atoms in total. The van der Waals surface area contributed by atoms with E-state index in [4.69, 9.17) is 5.84 Å². The molecule has 0 saturated carbocycles. The van der Waals surface area contributed by atoms with Crippen LogP contribution in [-0.2, 0) is 4.79 Å². The quantitative estimate of drug-likeness (QED) is 0.463. The van der Waals surface area contributed by atoms with Crippen molar-refractivity contribution < 1.29 is 9.90 Å². The third-order valence-corrected chi connectivity index (χ3v) is 2.81. The van der Waals surface area contributed by atoms with Crippen LogP contribution >= 0.6 is 0 Å². The number of benzene rings is 1. The molecule has 0 fully saturated rings. The first kappa shape index (κ1) is 11.4. The van der Waals surface area contributed by atoms with Gasteiger partial charge < -0.3 is 10.9 Å². The number of carbonyl (C=O) groups excluding carboxylic acids is 1. The maximum Gasteiger partial charge on any atom is 0.166 e. The Labute approximate surface area is 99.5 Å². The summed E-state index contributed by atoms with van der Waals surface area (Å²) in [6.45, 7) is 0. The average molecular weight is 230 g/mol. The number of carbonyl (C=O) groups is 1. The third-order valence-electron chi connectivity index (χ3n) is 2.81. The number of Topliss-reactive ketones (excluding diaryl/α,β-unsaturated/α-hetero) is 1. The molecule has 0 radical (unpaired) electrons. The third kappa shape index (κ3) is 2.36. The number of allylic oxidation sites excluding steroid dienone is 2. The van der Waals surface area contributed by atoms with Crippen molar-refractivity contribution in [2.75, 3.05) is 0 Å². The molecule has 88 valence electrons. The smallest absolute Gasteiger partial charge is 0.166 e. The molecule has 17 heavy (non-hydrogen) atoms. The van der Waals surface area contributed by atoms with Gasteiger partial charge in [0.05, 0.1) is 11.8 Å². The number of ketones is 1. The monoisotopic (exact) mass is 230 g/mol. The van der Waals surface area contributed by atoms with Gasteiger partial charge in [-0.15, -0.1) is 0 Å². The Bertz CT molecular complexity index is 487. The molecule has 3 N–H and O–H groups in total. The van der Waals surface area contributed by atoms with Crippen molar-refractivity contribution in [1.29, 1.82) is 0 Å². The summed E-state index contributed by atoms with van der Waals surface area (Å²) in [6, 6.07) is 7.22. The standard InChI is InChI=1S/C13H14N2O2/c14-15-8-9-4-6-10(7-5-9)13-11(16)2-1-3-12(13)17/h4-8,16H,1-3,14H2/b15-8+. The minimum atomic E-state index is 0.00833. The Morgan fingerprint density at radius 2 is 1.94 bits per heavy atom. The van der Waals surface area contributed by atoms with E-state index in [0.29, 0.717) is 18.4 Å². The predicted octanol–water partition coefficient (Wildman–Crippen LogP) is 2.00. The second kappa shape index (κ2) is 4.82. The number of aliphatic hydroxyl groups is 1. The Hall–Kier alpha value is -2.10. The largest absolute Gasteiger partial charge is 0.512 e. The van der Waals surface area contributed by atoms with Crippen LogP contribution in [0, 0.1) is 0 Å². The molecule has 1 aliphatic carbocycles. The van der Waals surface area contributed by atoms with Crippen molar-refractivity contribution in [1.82, 2.24) is 0 Å². The molecular weight excluding hydrogens is 216 g/mol. The molecule has 0 aliphatic heterocycles. The maximum atomic E-state index is 11.8. The van der Waals surface area contributed by atoms with Crippen LogP contribution in [0.5, 0.6) is 0 Å². The van der Waals surface area contributed by atoms with Crippen LogP contribution in [0.15, 0.2) is 35.1 Å². The van der Waals surface area contributed by atoms with Crippen molar-refractivity contribution >= 4 is 17.6 Å². The number of nitrogens with zero attached hydrogens (tertiary/aromatic N) is 1. The first-order valence-electron chi connectivity index (χ1n) is 5.51. The Kier molecular flexibility index (Phi) is 3.23. The highest BCUT2D eigenvalue weighted by atomic mass is 16.3. The fraction of sp³-hybridized carbons (Fsp3) is 0.231. The molecule has 0 amide bonds.